The maximum atomic E-state index is 12.4. The molecule has 1 atom stereocenters. The molecule has 2 heterocycles. The van der Waals surface area contributed by atoms with E-state index >= 15 is 0 Å². The van der Waals surface area contributed by atoms with Crippen molar-refractivity contribution in [2.24, 2.45) is 5.92 Å². The zero-order chi connectivity index (χ0) is 16.8. The monoisotopic (exact) mass is 325 g/mol. The number of aryl methyl sites for hydroxylation is 1. The number of amides is 1. The number of rotatable bonds is 5. The van der Waals surface area contributed by atoms with E-state index < -0.39 is 0 Å². The number of piperidine rings is 1. The Balaban J connectivity index is 1.47. The molecule has 5 nitrogen and oxygen atoms in total. The molecule has 3 rings (SSSR count). The van der Waals surface area contributed by atoms with E-state index in [0.29, 0.717) is 18.7 Å². The van der Waals surface area contributed by atoms with Crippen LogP contribution in [0.3, 0.4) is 0 Å². The van der Waals surface area contributed by atoms with Gasteiger partial charge in [0.25, 0.3) is 5.91 Å². The molecule has 1 saturated heterocycles. The summed E-state index contributed by atoms with van der Waals surface area (Å²) < 4.78 is 0. The molecule has 126 valence electrons. The van der Waals surface area contributed by atoms with Crippen LogP contribution in [0.1, 0.15) is 35.2 Å². The summed E-state index contributed by atoms with van der Waals surface area (Å²) in [6, 6.07) is 11.9. The molecule has 0 saturated carbocycles. The summed E-state index contributed by atoms with van der Waals surface area (Å²) in [5.74, 6) is 0.274. The van der Waals surface area contributed by atoms with Gasteiger partial charge in [-0.15, -0.1) is 0 Å². The normalized spacial score (nSPS) is 16.8. The average molecular weight is 325 g/mol. The zero-order valence-corrected chi connectivity index (χ0v) is 13.7. The number of carbonyl (C=O) groups is 1. The molecule has 0 spiro atoms. The molecule has 0 bridgehead atoms. The van der Waals surface area contributed by atoms with Crippen molar-refractivity contribution in [2.75, 3.05) is 13.1 Å². The summed E-state index contributed by atoms with van der Waals surface area (Å²) in [6.07, 6.45) is 6.10. The van der Waals surface area contributed by atoms with Gasteiger partial charge >= 0.3 is 0 Å². The van der Waals surface area contributed by atoms with Gasteiger partial charge in [0.1, 0.15) is 0 Å². The first-order chi connectivity index (χ1) is 11.7. The quantitative estimate of drug-likeness (QED) is 0.916. The van der Waals surface area contributed by atoms with Crippen LogP contribution in [-0.4, -0.2) is 45.3 Å². The second kappa shape index (κ2) is 8.02. The van der Waals surface area contributed by atoms with Gasteiger partial charge in [-0.05, 0) is 43.2 Å². The van der Waals surface area contributed by atoms with Crippen LogP contribution in [0.25, 0.3) is 0 Å². The van der Waals surface area contributed by atoms with Crippen molar-refractivity contribution in [1.82, 2.24) is 15.1 Å². The highest BCUT2D eigenvalue weighted by atomic mass is 16.3. The lowest BCUT2D eigenvalue weighted by molar-refractivity contribution is 0.0436. The van der Waals surface area contributed by atoms with Gasteiger partial charge < -0.3 is 10.0 Å². The van der Waals surface area contributed by atoms with Gasteiger partial charge in [0.15, 0.2) is 0 Å². The molecule has 1 aliphatic heterocycles. The Bertz CT molecular complexity index is 640. The van der Waals surface area contributed by atoms with Crippen LogP contribution in [0.5, 0.6) is 0 Å². The predicted molar refractivity (Wildman–Crippen MR) is 91.4 cm³/mol. The second-order valence-corrected chi connectivity index (χ2v) is 6.35. The first-order valence-electron chi connectivity index (χ1n) is 8.52. The number of nitrogens with zero attached hydrogens (tertiary/aromatic N) is 3. The maximum absolute atomic E-state index is 12.4. The molecular weight excluding hydrogens is 302 g/mol. The predicted octanol–water partition coefficient (Wildman–Crippen LogP) is 2.32. The van der Waals surface area contributed by atoms with Crippen LogP contribution in [0.4, 0.5) is 0 Å². The van der Waals surface area contributed by atoms with Gasteiger partial charge in [-0.1, -0.05) is 30.3 Å². The Morgan fingerprint density at radius 2 is 1.92 bits per heavy atom. The zero-order valence-electron chi connectivity index (χ0n) is 13.7. The van der Waals surface area contributed by atoms with E-state index in [1.54, 1.807) is 6.07 Å². The van der Waals surface area contributed by atoms with E-state index in [0.717, 1.165) is 25.7 Å². The van der Waals surface area contributed by atoms with Crippen molar-refractivity contribution >= 4 is 5.91 Å². The van der Waals surface area contributed by atoms with Crippen LogP contribution < -0.4 is 0 Å². The number of carbonyl (C=O) groups excluding carboxylic acids is 1. The van der Waals surface area contributed by atoms with Crippen LogP contribution in [-0.2, 0) is 6.42 Å². The molecule has 0 aliphatic carbocycles. The minimum Gasteiger partial charge on any atom is -0.393 e. The molecule has 2 aromatic rings. The molecular formula is C19H23N3O2. The van der Waals surface area contributed by atoms with E-state index in [1.807, 2.05) is 23.1 Å². The summed E-state index contributed by atoms with van der Waals surface area (Å²) in [4.78, 5) is 14.2. The molecule has 1 aromatic carbocycles. The number of aliphatic hydroxyl groups excluding tert-OH is 1. The fourth-order valence-electron chi connectivity index (χ4n) is 3.28. The van der Waals surface area contributed by atoms with E-state index in [2.05, 4.69) is 22.3 Å². The summed E-state index contributed by atoms with van der Waals surface area (Å²) in [6.45, 7) is 1.38. The minimum absolute atomic E-state index is 0.00197. The Labute approximate surface area is 142 Å². The largest absolute Gasteiger partial charge is 0.393 e. The van der Waals surface area contributed by atoms with Crippen LogP contribution >= 0.6 is 0 Å². The third-order valence-electron chi connectivity index (χ3n) is 4.77. The van der Waals surface area contributed by atoms with E-state index in [9.17, 15) is 9.90 Å². The topological polar surface area (TPSA) is 66.3 Å². The first-order valence-corrected chi connectivity index (χ1v) is 8.52. The minimum atomic E-state index is -0.301. The summed E-state index contributed by atoms with van der Waals surface area (Å²) in [5.41, 5.74) is 1.84. The third-order valence-corrected chi connectivity index (χ3v) is 4.77. The fraction of sp³-hybridized carbons (Fsp3) is 0.421. The molecule has 1 aliphatic rings. The van der Waals surface area contributed by atoms with E-state index in [4.69, 9.17) is 0 Å². The van der Waals surface area contributed by atoms with Crippen molar-refractivity contribution in [3.05, 3.63) is 59.9 Å². The average Bonchev–Trinajstić information content (AvgIpc) is 2.67. The van der Waals surface area contributed by atoms with Gasteiger partial charge in [-0.25, -0.2) is 0 Å². The third kappa shape index (κ3) is 4.17. The Morgan fingerprint density at radius 3 is 2.58 bits per heavy atom. The van der Waals surface area contributed by atoms with Crippen molar-refractivity contribution in [1.29, 1.82) is 0 Å². The lowest BCUT2D eigenvalue weighted by atomic mass is 9.88. The molecule has 5 heteroatoms. The van der Waals surface area contributed by atoms with E-state index in [-0.39, 0.29) is 17.9 Å². The lowest BCUT2D eigenvalue weighted by Gasteiger charge is -2.34. The van der Waals surface area contributed by atoms with Crippen LogP contribution in [0, 0.1) is 5.92 Å². The molecule has 0 radical (unpaired) electrons. The van der Waals surface area contributed by atoms with Crippen molar-refractivity contribution in [2.45, 2.75) is 31.8 Å². The standard InChI is InChI=1S/C19H23N3O2/c23-18(7-6-15-4-2-1-3-5-15)16-9-12-22(13-10-16)19(24)17-8-11-20-21-14-17/h1-5,8,11,14,16,18,23H,6-7,9-10,12-13H2. The Morgan fingerprint density at radius 1 is 1.17 bits per heavy atom. The summed E-state index contributed by atoms with van der Waals surface area (Å²) >= 11 is 0. The molecule has 1 amide bonds. The molecule has 1 N–H and O–H groups in total. The maximum Gasteiger partial charge on any atom is 0.255 e. The number of aromatic nitrogens is 2. The Kier molecular flexibility index (Phi) is 5.54. The van der Waals surface area contributed by atoms with Gasteiger partial charge in [0, 0.05) is 13.1 Å². The molecule has 1 unspecified atom stereocenters. The highest BCUT2D eigenvalue weighted by molar-refractivity contribution is 5.93. The SMILES string of the molecule is O=C(c1ccnnc1)N1CCC(C(O)CCc2ccccc2)CC1. The molecule has 1 aromatic heterocycles. The summed E-state index contributed by atoms with van der Waals surface area (Å²) in [7, 11) is 0. The van der Waals surface area contributed by atoms with E-state index in [1.165, 1.54) is 18.0 Å². The van der Waals surface area contributed by atoms with Crippen molar-refractivity contribution < 1.29 is 9.90 Å². The molecule has 1 fully saturated rings. The number of aliphatic hydroxyl groups is 1. The van der Waals surface area contributed by atoms with Crippen LogP contribution in [0.2, 0.25) is 0 Å². The number of hydrogen-bond donors (Lipinski definition) is 1. The number of likely N-dealkylation sites (tertiary alicyclic amines) is 1. The number of hydrogen-bond acceptors (Lipinski definition) is 4. The lowest BCUT2D eigenvalue weighted by Crippen LogP contribution is -2.41. The van der Waals surface area contributed by atoms with Crippen molar-refractivity contribution in [3.63, 3.8) is 0 Å². The highest BCUT2D eigenvalue weighted by Gasteiger charge is 2.27. The Hall–Kier alpha value is -2.27. The fourth-order valence-corrected chi connectivity index (χ4v) is 3.28. The van der Waals surface area contributed by atoms with Gasteiger partial charge in [0.2, 0.25) is 0 Å². The van der Waals surface area contributed by atoms with Crippen molar-refractivity contribution in [3.8, 4) is 0 Å². The molecule has 24 heavy (non-hydrogen) atoms. The van der Waals surface area contributed by atoms with Gasteiger partial charge in [-0.3, -0.25) is 4.79 Å². The first kappa shape index (κ1) is 16.6. The van der Waals surface area contributed by atoms with Crippen LogP contribution in [0.15, 0.2) is 48.8 Å². The van der Waals surface area contributed by atoms with Gasteiger partial charge in [0.05, 0.1) is 24.1 Å². The van der Waals surface area contributed by atoms with Gasteiger partial charge in [-0.2, -0.15) is 10.2 Å². The smallest absolute Gasteiger partial charge is 0.255 e. The second-order valence-electron chi connectivity index (χ2n) is 6.35. The summed E-state index contributed by atoms with van der Waals surface area (Å²) in [5, 5.41) is 17.9. The number of benzene rings is 1. The highest BCUT2D eigenvalue weighted by Crippen LogP contribution is 2.24.